The molecule has 0 aromatic heterocycles. The van der Waals surface area contributed by atoms with Crippen LogP contribution in [0.3, 0.4) is 0 Å². The molecule has 4 nitrogen and oxygen atoms in total. The zero-order valence-electron chi connectivity index (χ0n) is 10.7. The van der Waals surface area contributed by atoms with Crippen molar-refractivity contribution < 1.29 is 38.0 Å². The SMILES string of the molecule is C[N+](C)(C)CCOC(=O)Nc1ccc(Cl)cc1.[I-]. The number of anilines is 1. The molecule has 1 aromatic carbocycles. The van der Waals surface area contributed by atoms with E-state index in [2.05, 4.69) is 5.32 Å². The molecule has 1 amide bonds. The van der Waals surface area contributed by atoms with Crippen molar-refractivity contribution in [2.75, 3.05) is 39.6 Å². The third kappa shape index (κ3) is 7.73. The van der Waals surface area contributed by atoms with Crippen molar-refractivity contribution in [1.29, 1.82) is 0 Å². The van der Waals surface area contributed by atoms with Gasteiger partial charge in [0.1, 0.15) is 13.2 Å². The average Bonchev–Trinajstić information content (AvgIpc) is 2.19. The summed E-state index contributed by atoms with van der Waals surface area (Å²) in [4.78, 5) is 11.4. The van der Waals surface area contributed by atoms with E-state index in [1.807, 2.05) is 21.1 Å². The Bertz CT molecular complexity index is 377. The number of hydrogen-bond donors (Lipinski definition) is 1. The number of carbonyl (C=O) groups excluding carboxylic acids is 1. The molecule has 1 rings (SSSR count). The predicted molar refractivity (Wildman–Crippen MR) is 69.3 cm³/mol. The van der Waals surface area contributed by atoms with E-state index >= 15 is 0 Å². The summed E-state index contributed by atoms with van der Waals surface area (Å²) in [6, 6.07) is 6.87. The van der Waals surface area contributed by atoms with Crippen LogP contribution >= 0.6 is 11.6 Å². The van der Waals surface area contributed by atoms with Crippen LogP contribution in [0, 0.1) is 0 Å². The van der Waals surface area contributed by atoms with Gasteiger partial charge in [0.15, 0.2) is 0 Å². The molecular formula is C12H18ClIN2O2. The third-order valence-electron chi connectivity index (χ3n) is 2.09. The van der Waals surface area contributed by atoms with Crippen LogP contribution in [0.15, 0.2) is 24.3 Å². The average molecular weight is 385 g/mol. The first kappa shape index (κ1) is 17.5. The Hall–Kier alpha value is -0.530. The summed E-state index contributed by atoms with van der Waals surface area (Å²) in [5.41, 5.74) is 0.671. The summed E-state index contributed by atoms with van der Waals surface area (Å²) in [5, 5.41) is 3.26. The molecule has 0 saturated heterocycles. The number of amides is 1. The lowest BCUT2D eigenvalue weighted by Crippen LogP contribution is -3.00. The normalized spacial score (nSPS) is 10.4. The smallest absolute Gasteiger partial charge is 0.411 e. The van der Waals surface area contributed by atoms with Gasteiger partial charge < -0.3 is 33.2 Å². The van der Waals surface area contributed by atoms with Crippen molar-refractivity contribution in [3.63, 3.8) is 0 Å². The first-order valence-electron chi connectivity index (χ1n) is 5.37. The molecule has 1 N–H and O–H groups in total. The molecule has 0 spiro atoms. The number of rotatable bonds is 4. The molecule has 0 radical (unpaired) electrons. The van der Waals surface area contributed by atoms with Crippen molar-refractivity contribution in [1.82, 2.24) is 0 Å². The van der Waals surface area contributed by atoms with E-state index in [1.165, 1.54) is 0 Å². The Labute approximate surface area is 130 Å². The van der Waals surface area contributed by atoms with E-state index in [-0.39, 0.29) is 24.0 Å². The van der Waals surface area contributed by atoms with Crippen LogP contribution in [-0.4, -0.2) is 44.9 Å². The largest absolute Gasteiger partial charge is 1.00 e. The minimum Gasteiger partial charge on any atom is -1.00 e. The molecule has 0 atom stereocenters. The second kappa shape index (κ2) is 7.81. The number of benzene rings is 1. The molecule has 102 valence electrons. The highest BCUT2D eigenvalue weighted by Crippen LogP contribution is 2.13. The van der Waals surface area contributed by atoms with Gasteiger partial charge in [-0.2, -0.15) is 0 Å². The zero-order chi connectivity index (χ0) is 12.9. The first-order chi connectivity index (χ1) is 7.87. The van der Waals surface area contributed by atoms with Crippen LogP contribution < -0.4 is 29.3 Å². The first-order valence-corrected chi connectivity index (χ1v) is 5.74. The van der Waals surface area contributed by atoms with Crippen molar-refractivity contribution in [2.45, 2.75) is 0 Å². The Morgan fingerprint density at radius 3 is 2.33 bits per heavy atom. The maximum Gasteiger partial charge on any atom is 0.411 e. The number of nitrogens with zero attached hydrogens (tertiary/aromatic N) is 1. The van der Waals surface area contributed by atoms with Crippen LogP contribution in [0.1, 0.15) is 0 Å². The number of halogens is 2. The molecule has 1 aromatic rings. The van der Waals surface area contributed by atoms with E-state index in [0.717, 1.165) is 11.0 Å². The van der Waals surface area contributed by atoms with Crippen molar-refractivity contribution in [2.24, 2.45) is 0 Å². The molecule has 0 aliphatic rings. The summed E-state index contributed by atoms with van der Waals surface area (Å²) >= 11 is 5.74. The van der Waals surface area contributed by atoms with Gasteiger partial charge >= 0.3 is 6.09 Å². The van der Waals surface area contributed by atoms with Gasteiger partial charge in [0.05, 0.1) is 21.1 Å². The lowest BCUT2D eigenvalue weighted by atomic mass is 10.3. The molecule has 0 aliphatic heterocycles. The Balaban J connectivity index is 0.00000289. The van der Waals surface area contributed by atoms with E-state index in [0.29, 0.717) is 17.3 Å². The Kier molecular flexibility index (Phi) is 7.58. The molecule has 18 heavy (non-hydrogen) atoms. The summed E-state index contributed by atoms with van der Waals surface area (Å²) < 4.78 is 5.81. The van der Waals surface area contributed by atoms with Gasteiger partial charge in [0.2, 0.25) is 0 Å². The van der Waals surface area contributed by atoms with Gasteiger partial charge in [-0.05, 0) is 24.3 Å². The minimum absolute atomic E-state index is 0. The molecule has 0 saturated carbocycles. The highest BCUT2D eigenvalue weighted by molar-refractivity contribution is 6.30. The Morgan fingerprint density at radius 2 is 1.83 bits per heavy atom. The maximum atomic E-state index is 11.4. The number of ether oxygens (including phenoxy) is 1. The Morgan fingerprint density at radius 1 is 1.28 bits per heavy atom. The van der Waals surface area contributed by atoms with Crippen LogP contribution in [-0.2, 0) is 4.74 Å². The van der Waals surface area contributed by atoms with E-state index in [9.17, 15) is 4.79 Å². The monoisotopic (exact) mass is 384 g/mol. The number of carbonyl (C=O) groups is 1. The number of nitrogens with one attached hydrogen (secondary N) is 1. The highest BCUT2D eigenvalue weighted by atomic mass is 127. The fourth-order valence-corrected chi connectivity index (χ4v) is 1.23. The van der Waals surface area contributed by atoms with E-state index in [1.54, 1.807) is 24.3 Å². The van der Waals surface area contributed by atoms with Crippen LogP contribution in [0.5, 0.6) is 0 Å². The third-order valence-corrected chi connectivity index (χ3v) is 2.34. The zero-order valence-corrected chi connectivity index (χ0v) is 13.7. The molecule has 0 unspecified atom stereocenters. The van der Waals surface area contributed by atoms with Crippen LogP contribution in [0.4, 0.5) is 10.5 Å². The molecule has 0 heterocycles. The second-order valence-corrected chi connectivity index (χ2v) is 5.22. The minimum atomic E-state index is -0.444. The second-order valence-electron chi connectivity index (χ2n) is 4.78. The number of likely N-dealkylation sites (N-methyl/N-ethyl adjacent to an activating group) is 1. The van der Waals surface area contributed by atoms with Crippen molar-refractivity contribution in [3.8, 4) is 0 Å². The van der Waals surface area contributed by atoms with E-state index < -0.39 is 6.09 Å². The summed E-state index contributed by atoms with van der Waals surface area (Å²) in [6.07, 6.45) is -0.444. The number of hydrogen-bond acceptors (Lipinski definition) is 2. The summed E-state index contributed by atoms with van der Waals surface area (Å²) in [5.74, 6) is 0. The molecule has 0 fully saturated rings. The van der Waals surface area contributed by atoms with E-state index in [4.69, 9.17) is 16.3 Å². The van der Waals surface area contributed by atoms with Gasteiger partial charge in [0.25, 0.3) is 0 Å². The van der Waals surface area contributed by atoms with Gasteiger partial charge in [-0.3, -0.25) is 5.32 Å². The quantitative estimate of drug-likeness (QED) is 0.567. The van der Waals surface area contributed by atoms with Crippen LogP contribution in [0.25, 0.3) is 0 Å². The lowest BCUT2D eigenvalue weighted by molar-refractivity contribution is -0.870. The molecule has 0 aliphatic carbocycles. The fraction of sp³-hybridized carbons (Fsp3) is 0.417. The van der Waals surface area contributed by atoms with Gasteiger partial charge in [-0.25, -0.2) is 4.79 Å². The predicted octanol–water partition coefficient (Wildman–Crippen LogP) is -0.401. The molecule has 6 heteroatoms. The maximum absolute atomic E-state index is 11.4. The topological polar surface area (TPSA) is 38.3 Å². The van der Waals surface area contributed by atoms with Gasteiger partial charge in [-0.15, -0.1) is 0 Å². The number of quaternary nitrogens is 1. The highest BCUT2D eigenvalue weighted by Gasteiger charge is 2.09. The summed E-state index contributed by atoms with van der Waals surface area (Å²) in [6.45, 7) is 1.16. The van der Waals surface area contributed by atoms with Gasteiger partial charge in [-0.1, -0.05) is 11.6 Å². The summed E-state index contributed by atoms with van der Waals surface area (Å²) in [7, 11) is 6.13. The van der Waals surface area contributed by atoms with Crippen molar-refractivity contribution in [3.05, 3.63) is 29.3 Å². The fourth-order valence-electron chi connectivity index (χ4n) is 1.10. The lowest BCUT2D eigenvalue weighted by Gasteiger charge is -2.23. The molecular weight excluding hydrogens is 367 g/mol. The van der Waals surface area contributed by atoms with Crippen molar-refractivity contribution >= 4 is 23.4 Å². The van der Waals surface area contributed by atoms with Crippen LogP contribution in [0.2, 0.25) is 5.02 Å². The van der Waals surface area contributed by atoms with Gasteiger partial charge in [0, 0.05) is 10.7 Å². The molecule has 0 bridgehead atoms. The standard InChI is InChI=1S/C12H17ClN2O2.HI/c1-15(2,3)8-9-17-12(16)14-11-6-4-10(13)5-7-11;/h4-7H,8-9H2,1-3H3;1H.